The molecule has 0 aliphatic rings. The monoisotopic (exact) mass is 272 g/mol. The minimum atomic E-state index is -1.09. The number of halogens is 1. The number of rotatable bonds is 6. The van der Waals surface area contributed by atoms with Crippen molar-refractivity contribution in [2.45, 2.75) is 6.54 Å². The average molecular weight is 273 g/mol. The first-order valence-corrected chi connectivity index (χ1v) is 5.46. The number of hydrogen-bond donors (Lipinski definition) is 3. The van der Waals surface area contributed by atoms with E-state index in [2.05, 4.69) is 0 Å². The molecular formula is C11H13ClN2O4. The molecule has 4 N–H and O–H groups in total. The zero-order valence-corrected chi connectivity index (χ0v) is 10.2. The largest absolute Gasteiger partial charge is 0.480 e. The van der Waals surface area contributed by atoms with Crippen molar-refractivity contribution in [1.82, 2.24) is 4.90 Å². The Hall–Kier alpha value is -1.79. The highest BCUT2D eigenvalue weighted by Gasteiger charge is 2.15. The van der Waals surface area contributed by atoms with E-state index in [4.69, 9.17) is 27.5 Å². The van der Waals surface area contributed by atoms with Gasteiger partial charge in [0.25, 0.3) is 0 Å². The van der Waals surface area contributed by atoms with E-state index < -0.39 is 11.9 Å². The minimum Gasteiger partial charge on any atom is -0.480 e. The Bertz CT molecular complexity index is 448. The Morgan fingerprint density at radius 1 is 1.22 bits per heavy atom. The van der Waals surface area contributed by atoms with E-state index in [9.17, 15) is 9.59 Å². The van der Waals surface area contributed by atoms with Crippen LogP contribution in [0.25, 0.3) is 0 Å². The quantitative estimate of drug-likeness (QED) is 0.665. The second kappa shape index (κ2) is 6.23. The van der Waals surface area contributed by atoms with E-state index in [0.717, 1.165) is 0 Å². The number of carboxylic acids is 2. The third-order valence-corrected chi connectivity index (χ3v) is 2.45. The fourth-order valence-corrected chi connectivity index (χ4v) is 1.68. The van der Waals surface area contributed by atoms with Gasteiger partial charge in [-0.25, -0.2) is 0 Å². The first kappa shape index (κ1) is 14.3. The molecule has 7 heteroatoms. The number of carbonyl (C=O) groups is 2. The molecule has 0 aliphatic heterocycles. The molecule has 0 saturated heterocycles. The van der Waals surface area contributed by atoms with Crippen molar-refractivity contribution in [3.8, 4) is 0 Å². The molecular weight excluding hydrogens is 260 g/mol. The lowest BCUT2D eigenvalue weighted by Crippen LogP contribution is -2.34. The third-order valence-electron chi connectivity index (χ3n) is 2.22. The van der Waals surface area contributed by atoms with Gasteiger partial charge in [0, 0.05) is 17.3 Å². The van der Waals surface area contributed by atoms with Gasteiger partial charge in [-0.1, -0.05) is 17.7 Å². The fraction of sp³-hybridized carbons (Fsp3) is 0.273. The predicted octanol–water partition coefficient (Wildman–Crippen LogP) is 0.893. The number of nitrogen functional groups attached to an aromatic ring is 1. The first-order chi connectivity index (χ1) is 8.38. The van der Waals surface area contributed by atoms with Gasteiger partial charge in [0.05, 0.1) is 13.1 Å². The van der Waals surface area contributed by atoms with Crippen molar-refractivity contribution in [3.63, 3.8) is 0 Å². The summed E-state index contributed by atoms with van der Waals surface area (Å²) in [6.45, 7) is -0.593. The molecule has 6 nitrogen and oxygen atoms in total. The molecule has 98 valence electrons. The average Bonchev–Trinajstić information content (AvgIpc) is 2.20. The van der Waals surface area contributed by atoms with Crippen molar-refractivity contribution in [3.05, 3.63) is 28.8 Å². The number of nitrogens with two attached hydrogens (primary N) is 1. The maximum Gasteiger partial charge on any atom is 0.317 e. The van der Waals surface area contributed by atoms with E-state index in [0.29, 0.717) is 16.3 Å². The SMILES string of the molecule is Nc1cc(Cl)ccc1CN(CC(=O)O)CC(=O)O. The summed E-state index contributed by atoms with van der Waals surface area (Å²) in [5.74, 6) is -2.19. The van der Waals surface area contributed by atoms with Gasteiger partial charge in [-0.3, -0.25) is 14.5 Å². The normalized spacial score (nSPS) is 10.6. The van der Waals surface area contributed by atoms with Gasteiger partial charge >= 0.3 is 11.9 Å². The number of nitrogens with zero attached hydrogens (tertiary/aromatic N) is 1. The van der Waals surface area contributed by atoms with Crippen molar-refractivity contribution in [1.29, 1.82) is 0 Å². The van der Waals surface area contributed by atoms with Gasteiger partial charge in [-0.15, -0.1) is 0 Å². The molecule has 0 atom stereocenters. The van der Waals surface area contributed by atoms with Crippen LogP contribution in [0.4, 0.5) is 5.69 Å². The van der Waals surface area contributed by atoms with Crippen molar-refractivity contribution in [2.24, 2.45) is 0 Å². The van der Waals surface area contributed by atoms with E-state index in [1.807, 2.05) is 0 Å². The third kappa shape index (κ3) is 4.60. The summed E-state index contributed by atoms with van der Waals surface area (Å²) in [6.07, 6.45) is 0. The Kier molecular flexibility index (Phi) is 4.94. The first-order valence-electron chi connectivity index (χ1n) is 5.08. The Labute approximate surface area is 109 Å². The standard InChI is InChI=1S/C11H13ClN2O4/c12-8-2-1-7(9(13)3-8)4-14(5-10(15)16)6-11(17)18/h1-3H,4-6,13H2,(H,15,16)(H,17,18). The molecule has 0 spiro atoms. The van der Waals surface area contributed by atoms with Crippen molar-refractivity contribution >= 4 is 29.2 Å². The Morgan fingerprint density at radius 2 is 1.78 bits per heavy atom. The lowest BCUT2D eigenvalue weighted by molar-refractivity contribution is -0.142. The van der Waals surface area contributed by atoms with Crippen LogP contribution in [0.5, 0.6) is 0 Å². The molecule has 18 heavy (non-hydrogen) atoms. The maximum atomic E-state index is 10.6. The van der Waals surface area contributed by atoms with E-state index in [1.165, 1.54) is 11.0 Å². The predicted molar refractivity (Wildman–Crippen MR) is 66.4 cm³/mol. The number of aliphatic carboxylic acids is 2. The second-order valence-electron chi connectivity index (χ2n) is 3.78. The Balaban J connectivity index is 2.81. The Morgan fingerprint density at radius 3 is 2.22 bits per heavy atom. The van der Waals surface area contributed by atoms with Crippen LogP contribution in [-0.2, 0) is 16.1 Å². The van der Waals surface area contributed by atoms with Crippen LogP contribution in [0.1, 0.15) is 5.56 Å². The molecule has 0 amide bonds. The summed E-state index contributed by atoms with van der Waals surface area (Å²) >= 11 is 5.74. The molecule has 0 saturated carbocycles. The van der Waals surface area contributed by atoms with Crippen molar-refractivity contribution in [2.75, 3.05) is 18.8 Å². The smallest absolute Gasteiger partial charge is 0.317 e. The molecule has 0 fully saturated rings. The molecule has 1 aromatic carbocycles. The highest BCUT2D eigenvalue weighted by atomic mass is 35.5. The summed E-state index contributed by atoms with van der Waals surface area (Å²) in [7, 11) is 0. The molecule has 0 heterocycles. The molecule has 1 rings (SSSR count). The van der Waals surface area contributed by atoms with Crippen molar-refractivity contribution < 1.29 is 19.8 Å². The molecule has 0 aliphatic carbocycles. The lowest BCUT2D eigenvalue weighted by Gasteiger charge is -2.19. The topological polar surface area (TPSA) is 104 Å². The van der Waals surface area contributed by atoms with Gasteiger partial charge in [-0.05, 0) is 17.7 Å². The highest BCUT2D eigenvalue weighted by Crippen LogP contribution is 2.19. The molecule has 0 unspecified atom stereocenters. The summed E-state index contributed by atoms with van der Waals surface area (Å²) < 4.78 is 0. The van der Waals surface area contributed by atoms with Crippen LogP contribution in [0, 0.1) is 0 Å². The number of carboxylic acid groups (broad SMARTS) is 2. The highest BCUT2D eigenvalue weighted by molar-refractivity contribution is 6.30. The zero-order chi connectivity index (χ0) is 13.7. The van der Waals surface area contributed by atoms with E-state index in [1.54, 1.807) is 12.1 Å². The van der Waals surface area contributed by atoms with Crippen LogP contribution in [0.15, 0.2) is 18.2 Å². The van der Waals surface area contributed by atoms with Crippen LogP contribution >= 0.6 is 11.6 Å². The molecule has 0 aromatic heterocycles. The van der Waals surface area contributed by atoms with Gasteiger partial charge < -0.3 is 15.9 Å². The van der Waals surface area contributed by atoms with Crippen LogP contribution in [-0.4, -0.2) is 40.1 Å². The molecule has 0 radical (unpaired) electrons. The van der Waals surface area contributed by atoms with Gasteiger partial charge in [0.1, 0.15) is 0 Å². The number of hydrogen-bond acceptors (Lipinski definition) is 4. The van der Waals surface area contributed by atoms with E-state index >= 15 is 0 Å². The summed E-state index contributed by atoms with van der Waals surface area (Å²) in [4.78, 5) is 22.5. The maximum absolute atomic E-state index is 10.6. The van der Waals surface area contributed by atoms with E-state index in [-0.39, 0.29) is 19.6 Å². The second-order valence-corrected chi connectivity index (χ2v) is 4.21. The zero-order valence-electron chi connectivity index (χ0n) is 9.47. The van der Waals surface area contributed by atoms with Crippen LogP contribution in [0.2, 0.25) is 5.02 Å². The number of anilines is 1. The van der Waals surface area contributed by atoms with Gasteiger partial charge in [-0.2, -0.15) is 0 Å². The summed E-state index contributed by atoms with van der Waals surface area (Å²) in [5, 5.41) is 17.9. The summed E-state index contributed by atoms with van der Waals surface area (Å²) in [6, 6.07) is 4.80. The fourth-order valence-electron chi connectivity index (χ4n) is 1.50. The minimum absolute atomic E-state index is 0.140. The van der Waals surface area contributed by atoms with Gasteiger partial charge in [0.2, 0.25) is 0 Å². The van der Waals surface area contributed by atoms with Crippen LogP contribution in [0.3, 0.4) is 0 Å². The molecule has 0 bridgehead atoms. The molecule has 1 aromatic rings. The number of benzene rings is 1. The lowest BCUT2D eigenvalue weighted by atomic mass is 10.1. The van der Waals surface area contributed by atoms with Crippen LogP contribution < -0.4 is 5.73 Å². The summed E-state index contributed by atoms with van der Waals surface area (Å²) in [5.41, 5.74) is 6.77. The van der Waals surface area contributed by atoms with Gasteiger partial charge in [0.15, 0.2) is 0 Å².